The van der Waals surface area contributed by atoms with Crippen molar-refractivity contribution in [1.29, 1.82) is 0 Å². The number of benzene rings is 1. The Balaban J connectivity index is 2.28. The fourth-order valence-electron chi connectivity index (χ4n) is 2.80. The normalized spacial score (nSPS) is 24.3. The van der Waals surface area contributed by atoms with Gasteiger partial charge in [-0.1, -0.05) is 39.8 Å². The minimum Gasteiger partial charge on any atom is -0.363 e. The quantitative estimate of drug-likeness (QED) is 0.901. The van der Waals surface area contributed by atoms with Crippen LogP contribution in [0.25, 0.3) is 0 Å². The number of nitrogens with zero attached hydrogens (tertiary/aromatic N) is 1. The molecular formula is C16H25FN2. The van der Waals surface area contributed by atoms with Crippen LogP contribution in [0.2, 0.25) is 0 Å². The summed E-state index contributed by atoms with van der Waals surface area (Å²) >= 11 is 0. The Labute approximate surface area is 116 Å². The second kappa shape index (κ2) is 5.91. The predicted molar refractivity (Wildman–Crippen MR) is 79.0 cm³/mol. The van der Waals surface area contributed by atoms with E-state index in [0.717, 1.165) is 18.8 Å². The molecule has 0 bridgehead atoms. The molecule has 1 saturated heterocycles. The molecule has 0 saturated carbocycles. The molecule has 2 atom stereocenters. The second-order valence-corrected chi connectivity index (χ2v) is 6.17. The Morgan fingerprint density at radius 2 is 1.84 bits per heavy atom. The summed E-state index contributed by atoms with van der Waals surface area (Å²) in [7, 11) is 0. The first-order chi connectivity index (χ1) is 9.00. The maximum absolute atomic E-state index is 14.1. The zero-order valence-corrected chi connectivity index (χ0v) is 12.4. The topological polar surface area (TPSA) is 15.3 Å². The van der Waals surface area contributed by atoms with Crippen LogP contribution in [0.4, 0.5) is 10.1 Å². The average Bonchev–Trinajstić information content (AvgIpc) is 2.38. The lowest BCUT2D eigenvalue weighted by Crippen LogP contribution is -2.60. The van der Waals surface area contributed by atoms with Gasteiger partial charge in [-0.25, -0.2) is 4.39 Å². The smallest absolute Gasteiger partial charge is 0.146 e. The fraction of sp³-hybridized carbons (Fsp3) is 0.625. The molecule has 2 rings (SSSR count). The number of hydrogen-bond donors (Lipinski definition) is 1. The second-order valence-electron chi connectivity index (χ2n) is 6.17. The van der Waals surface area contributed by atoms with Crippen LogP contribution in [0.3, 0.4) is 0 Å². The Bertz CT molecular complexity index is 417. The molecule has 0 aromatic heterocycles. The van der Waals surface area contributed by atoms with Crippen molar-refractivity contribution in [3.8, 4) is 0 Å². The molecule has 1 fully saturated rings. The SMILES string of the molecule is CC(C)C1CN(c2ccccc2F)C(C(C)C)CN1. The van der Waals surface area contributed by atoms with E-state index in [-0.39, 0.29) is 5.82 Å². The average molecular weight is 264 g/mol. The number of nitrogens with one attached hydrogen (secondary N) is 1. The van der Waals surface area contributed by atoms with Gasteiger partial charge in [0, 0.05) is 25.2 Å². The van der Waals surface area contributed by atoms with E-state index in [1.54, 1.807) is 12.1 Å². The summed E-state index contributed by atoms with van der Waals surface area (Å²) < 4.78 is 14.1. The van der Waals surface area contributed by atoms with E-state index in [2.05, 4.69) is 37.9 Å². The molecule has 1 aliphatic heterocycles. The van der Waals surface area contributed by atoms with Crippen LogP contribution in [0.5, 0.6) is 0 Å². The van der Waals surface area contributed by atoms with Gasteiger partial charge < -0.3 is 10.2 Å². The van der Waals surface area contributed by atoms with E-state index in [0.29, 0.717) is 23.9 Å². The number of para-hydroxylation sites is 1. The Morgan fingerprint density at radius 3 is 2.42 bits per heavy atom. The van der Waals surface area contributed by atoms with Gasteiger partial charge in [0.2, 0.25) is 0 Å². The number of piperazine rings is 1. The van der Waals surface area contributed by atoms with Crippen LogP contribution < -0.4 is 10.2 Å². The van der Waals surface area contributed by atoms with Crippen molar-refractivity contribution < 1.29 is 4.39 Å². The van der Waals surface area contributed by atoms with Crippen LogP contribution in [0.15, 0.2) is 24.3 Å². The molecule has 1 heterocycles. The molecule has 0 spiro atoms. The molecule has 0 amide bonds. The maximum atomic E-state index is 14.1. The first-order valence-corrected chi connectivity index (χ1v) is 7.25. The lowest BCUT2D eigenvalue weighted by Gasteiger charge is -2.45. The standard InChI is InChI=1S/C16H25FN2/c1-11(2)14-10-19(16(9-18-14)12(3)4)15-8-6-5-7-13(15)17/h5-8,11-12,14,16,18H,9-10H2,1-4H3. The van der Waals surface area contributed by atoms with Crippen molar-refractivity contribution >= 4 is 5.69 Å². The summed E-state index contributed by atoms with van der Waals surface area (Å²) in [6.07, 6.45) is 0. The van der Waals surface area contributed by atoms with Crippen LogP contribution in [-0.4, -0.2) is 25.2 Å². The van der Waals surface area contributed by atoms with Gasteiger partial charge in [0.05, 0.1) is 5.69 Å². The van der Waals surface area contributed by atoms with Gasteiger partial charge >= 0.3 is 0 Å². The third-order valence-electron chi connectivity index (χ3n) is 4.12. The summed E-state index contributed by atoms with van der Waals surface area (Å²) in [5.74, 6) is 0.945. The molecule has 0 aliphatic carbocycles. The number of rotatable bonds is 3. The van der Waals surface area contributed by atoms with Crippen LogP contribution >= 0.6 is 0 Å². The molecule has 106 valence electrons. The lowest BCUT2D eigenvalue weighted by atomic mass is 9.93. The largest absolute Gasteiger partial charge is 0.363 e. The molecule has 1 aliphatic rings. The highest BCUT2D eigenvalue weighted by Gasteiger charge is 2.32. The molecule has 2 unspecified atom stereocenters. The monoisotopic (exact) mass is 264 g/mol. The maximum Gasteiger partial charge on any atom is 0.146 e. The van der Waals surface area contributed by atoms with E-state index >= 15 is 0 Å². The number of anilines is 1. The van der Waals surface area contributed by atoms with Crippen molar-refractivity contribution in [2.24, 2.45) is 11.8 Å². The molecule has 1 aromatic rings. The minimum absolute atomic E-state index is 0.113. The Kier molecular flexibility index (Phi) is 4.46. The highest BCUT2D eigenvalue weighted by atomic mass is 19.1. The minimum atomic E-state index is -0.113. The molecule has 0 radical (unpaired) electrons. The van der Waals surface area contributed by atoms with E-state index in [1.807, 2.05) is 12.1 Å². The molecule has 1 N–H and O–H groups in total. The van der Waals surface area contributed by atoms with Crippen molar-refractivity contribution in [3.63, 3.8) is 0 Å². The molecular weight excluding hydrogens is 239 g/mol. The van der Waals surface area contributed by atoms with Gasteiger partial charge in [-0.3, -0.25) is 0 Å². The summed E-state index contributed by atoms with van der Waals surface area (Å²) in [6, 6.07) is 7.90. The summed E-state index contributed by atoms with van der Waals surface area (Å²) in [5, 5.41) is 3.61. The summed E-state index contributed by atoms with van der Waals surface area (Å²) in [4.78, 5) is 2.25. The van der Waals surface area contributed by atoms with E-state index in [1.165, 1.54) is 0 Å². The third-order valence-corrected chi connectivity index (χ3v) is 4.12. The molecule has 3 heteroatoms. The fourth-order valence-corrected chi connectivity index (χ4v) is 2.80. The molecule has 1 aromatic carbocycles. The van der Waals surface area contributed by atoms with Gasteiger partial charge in [-0.2, -0.15) is 0 Å². The first kappa shape index (κ1) is 14.3. The van der Waals surface area contributed by atoms with E-state index < -0.39 is 0 Å². The zero-order chi connectivity index (χ0) is 14.0. The number of halogens is 1. The van der Waals surface area contributed by atoms with Crippen molar-refractivity contribution in [1.82, 2.24) is 5.32 Å². The highest BCUT2D eigenvalue weighted by Crippen LogP contribution is 2.27. The highest BCUT2D eigenvalue weighted by molar-refractivity contribution is 5.49. The lowest BCUT2D eigenvalue weighted by molar-refractivity contribution is 0.293. The van der Waals surface area contributed by atoms with Gasteiger partial charge in [0.25, 0.3) is 0 Å². The van der Waals surface area contributed by atoms with Gasteiger partial charge in [-0.15, -0.1) is 0 Å². The molecule has 19 heavy (non-hydrogen) atoms. The van der Waals surface area contributed by atoms with Crippen LogP contribution in [0, 0.1) is 17.7 Å². The first-order valence-electron chi connectivity index (χ1n) is 7.25. The predicted octanol–water partition coefficient (Wildman–Crippen LogP) is 3.28. The van der Waals surface area contributed by atoms with E-state index in [4.69, 9.17) is 0 Å². The van der Waals surface area contributed by atoms with Gasteiger partial charge in [0.1, 0.15) is 5.82 Å². The van der Waals surface area contributed by atoms with Gasteiger partial charge in [-0.05, 0) is 24.0 Å². The zero-order valence-electron chi connectivity index (χ0n) is 12.4. The van der Waals surface area contributed by atoms with E-state index in [9.17, 15) is 4.39 Å². The van der Waals surface area contributed by atoms with Crippen LogP contribution in [-0.2, 0) is 0 Å². The summed E-state index contributed by atoms with van der Waals surface area (Å²) in [5.41, 5.74) is 0.744. The third kappa shape index (κ3) is 3.08. The van der Waals surface area contributed by atoms with Crippen molar-refractivity contribution in [3.05, 3.63) is 30.1 Å². The summed E-state index contributed by atoms with van der Waals surface area (Å²) in [6.45, 7) is 10.6. The van der Waals surface area contributed by atoms with Crippen molar-refractivity contribution in [2.75, 3.05) is 18.0 Å². The Morgan fingerprint density at radius 1 is 1.16 bits per heavy atom. The van der Waals surface area contributed by atoms with Gasteiger partial charge in [0.15, 0.2) is 0 Å². The Hall–Kier alpha value is -1.09. The number of hydrogen-bond acceptors (Lipinski definition) is 2. The molecule has 2 nitrogen and oxygen atoms in total. The van der Waals surface area contributed by atoms with Crippen molar-refractivity contribution in [2.45, 2.75) is 39.8 Å². The van der Waals surface area contributed by atoms with Crippen LogP contribution in [0.1, 0.15) is 27.7 Å².